The molecule has 4 saturated heterocycles. The lowest BCUT2D eigenvalue weighted by molar-refractivity contribution is 0.0886. The number of benzene rings is 4. The molecule has 6 atom stereocenters. The third kappa shape index (κ3) is 8.89. The minimum absolute atomic E-state index is 0.211. The summed E-state index contributed by atoms with van der Waals surface area (Å²) >= 11 is 0. The first kappa shape index (κ1) is 44.7. The van der Waals surface area contributed by atoms with Gasteiger partial charge >= 0.3 is 0 Å². The lowest BCUT2D eigenvalue weighted by Crippen LogP contribution is -2.43. The van der Waals surface area contributed by atoms with E-state index in [0.717, 1.165) is 70.6 Å². The lowest BCUT2D eigenvalue weighted by atomic mass is 9.72. The van der Waals surface area contributed by atoms with Gasteiger partial charge in [0.05, 0.1) is 24.4 Å². The molecule has 4 aromatic heterocycles. The Bertz CT molecular complexity index is 3100. The molecular formula is C60H56N4O7. The van der Waals surface area contributed by atoms with Gasteiger partial charge in [0, 0.05) is 106 Å². The van der Waals surface area contributed by atoms with Gasteiger partial charge in [0.25, 0.3) is 0 Å². The summed E-state index contributed by atoms with van der Waals surface area (Å²) in [5.41, 5.74) is 10.8. The highest BCUT2D eigenvalue weighted by Crippen LogP contribution is 2.57. The van der Waals surface area contributed by atoms with Crippen LogP contribution in [0.5, 0.6) is 34.5 Å². The van der Waals surface area contributed by atoms with Crippen molar-refractivity contribution in [3.8, 4) is 56.8 Å². The van der Waals surface area contributed by atoms with Gasteiger partial charge in [-0.3, -0.25) is 19.7 Å². The largest absolute Gasteiger partial charge is 0.504 e. The molecule has 11 heteroatoms. The van der Waals surface area contributed by atoms with E-state index in [-0.39, 0.29) is 23.3 Å². The third-order valence-corrected chi connectivity index (χ3v) is 15.8. The van der Waals surface area contributed by atoms with Crippen LogP contribution >= 0.6 is 0 Å². The number of furan rings is 2. The van der Waals surface area contributed by atoms with Crippen LogP contribution < -0.4 is 14.8 Å². The Morgan fingerprint density at radius 1 is 0.577 bits per heavy atom. The van der Waals surface area contributed by atoms with Crippen molar-refractivity contribution >= 4 is 6.29 Å². The third-order valence-electron chi connectivity index (χ3n) is 15.8. The van der Waals surface area contributed by atoms with E-state index in [9.17, 15) is 15.0 Å². The molecule has 4 bridgehead atoms. The molecule has 0 saturated carbocycles. The van der Waals surface area contributed by atoms with Crippen LogP contribution in [-0.2, 0) is 6.54 Å². The van der Waals surface area contributed by atoms with Crippen LogP contribution in [0.4, 0.5) is 0 Å². The predicted molar refractivity (Wildman–Crippen MR) is 270 cm³/mol. The van der Waals surface area contributed by atoms with Crippen LogP contribution in [0.1, 0.15) is 101 Å². The van der Waals surface area contributed by atoms with E-state index < -0.39 is 0 Å². The van der Waals surface area contributed by atoms with E-state index >= 15 is 0 Å². The molecule has 4 aromatic carbocycles. The Kier molecular flexibility index (Phi) is 12.2. The minimum Gasteiger partial charge on any atom is -0.504 e. The van der Waals surface area contributed by atoms with E-state index in [4.69, 9.17) is 13.9 Å². The number of aromatic hydroxyl groups is 2. The van der Waals surface area contributed by atoms with E-state index in [0.29, 0.717) is 53.1 Å². The molecule has 6 aliphatic rings. The molecule has 358 valence electrons. The smallest absolute Gasteiger partial charge is 0.172 e. The van der Waals surface area contributed by atoms with Crippen molar-refractivity contribution in [3.63, 3.8) is 0 Å². The number of nitrogens with one attached hydrogen (secondary N) is 1. The highest BCUT2D eigenvalue weighted by atomic mass is 16.5. The summed E-state index contributed by atoms with van der Waals surface area (Å²) in [7, 11) is 0. The van der Waals surface area contributed by atoms with Gasteiger partial charge in [-0.2, -0.15) is 0 Å². The zero-order valence-corrected chi connectivity index (χ0v) is 39.3. The van der Waals surface area contributed by atoms with Gasteiger partial charge in [-0.1, -0.05) is 60.7 Å². The summed E-state index contributed by atoms with van der Waals surface area (Å²) in [5, 5.41) is 25.0. The number of fused-ring (bicyclic) bond motifs is 8. The van der Waals surface area contributed by atoms with Crippen LogP contribution in [-0.4, -0.2) is 55.5 Å². The maximum atomic E-state index is 10.7. The number of para-hydroxylation sites is 2. The fraction of sp³-hybridized carbons (Fsp3) is 0.283. The van der Waals surface area contributed by atoms with Crippen LogP contribution in [0.3, 0.4) is 0 Å². The molecule has 10 heterocycles. The molecule has 0 aliphatic carbocycles. The number of piperidine rings is 2. The average Bonchev–Trinajstić information content (AvgIpc) is 4.25. The summed E-state index contributed by atoms with van der Waals surface area (Å²) in [6.07, 6.45) is 24.3. The van der Waals surface area contributed by atoms with Crippen molar-refractivity contribution in [1.82, 2.24) is 20.2 Å². The van der Waals surface area contributed by atoms with Gasteiger partial charge in [0.15, 0.2) is 29.3 Å². The second kappa shape index (κ2) is 19.4. The molecule has 6 unspecified atom stereocenters. The number of ether oxygens (including phenoxy) is 2. The van der Waals surface area contributed by atoms with Crippen LogP contribution in [0.2, 0.25) is 0 Å². The Morgan fingerprint density at radius 3 is 1.61 bits per heavy atom. The fourth-order valence-electron chi connectivity index (χ4n) is 12.7. The van der Waals surface area contributed by atoms with Gasteiger partial charge in [-0.05, 0) is 123 Å². The molecule has 6 aliphatic heterocycles. The number of carbonyl (C=O) groups is 1. The first-order valence-corrected chi connectivity index (χ1v) is 25.0. The number of aromatic nitrogens is 2. The predicted octanol–water partition coefficient (Wildman–Crippen LogP) is 13.0. The number of phenolic OH excluding ortho intramolecular Hbond substituents is 2. The Labute approximate surface area is 413 Å². The Morgan fingerprint density at radius 2 is 1.13 bits per heavy atom. The maximum absolute atomic E-state index is 10.7. The van der Waals surface area contributed by atoms with Gasteiger partial charge in [0.2, 0.25) is 0 Å². The van der Waals surface area contributed by atoms with Crippen molar-refractivity contribution in [2.45, 2.75) is 93.9 Å². The molecule has 0 spiro atoms. The fourth-order valence-corrected chi connectivity index (χ4v) is 12.7. The minimum atomic E-state index is 0.211. The molecule has 11 nitrogen and oxygen atoms in total. The molecule has 4 fully saturated rings. The number of nitrogens with zero attached hydrogens (tertiary/aromatic N) is 3. The molecule has 8 aromatic rings. The van der Waals surface area contributed by atoms with Crippen molar-refractivity contribution in [2.24, 2.45) is 11.8 Å². The van der Waals surface area contributed by atoms with E-state index in [1.165, 1.54) is 67.7 Å². The zero-order valence-electron chi connectivity index (χ0n) is 39.3. The highest BCUT2D eigenvalue weighted by molar-refractivity contribution is 5.73. The van der Waals surface area contributed by atoms with E-state index in [1.807, 2.05) is 42.9 Å². The topological polar surface area (TPSA) is 143 Å². The lowest BCUT2D eigenvalue weighted by Gasteiger charge is -2.43. The number of hydrogen-bond acceptors (Lipinski definition) is 11. The van der Waals surface area contributed by atoms with Gasteiger partial charge in [-0.15, -0.1) is 0 Å². The SMILES string of the molecule is O=Cc1ccoc1.Oc1cccc2c1Oc1cc(-c3cccnc3)ccc1C2C1CC2CCC(C1)N2.Oc1cccc2c1Oc1cc(-c3cccnc3)ccc1C2C1CC2CCC(C1)N2Cc1ccoc1. The first-order valence-electron chi connectivity index (χ1n) is 25.0. The second-order valence-corrected chi connectivity index (χ2v) is 20.0. The quantitative estimate of drug-likeness (QED) is 0.131. The number of aldehydes is 1. The van der Waals surface area contributed by atoms with Gasteiger partial charge in [-0.25, -0.2) is 0 Å². The molecule has 71 heavy (non-hydrogen) atoms. The number of rotatable bonds is 7. The molecular weight excluding hydrogens is 889 g/mol. The van der Waals surface area contributed by atoms with E-state index in [2.05, 4.69) is 91.3 Å². The Hall–Kier alpha value is -7.47. The molecule has 0 radical (unpaired) electrons. The van der Waals surface area contributed by atoms with Crippen LogP contribution in [0, 0.1) is 11.8 Å². The van der Waals surface area contributed by atoms with Crippen molar-refractivity contribution in [3.05, 3.63) is 192 Å². The van der Waals surface area contributed by atoms with Crippen molar-refractivity contribution in [1.29, 1.82) is 0 Å². The monoisotopic (exact) mass is 944 g/mol. The Balaban J connectivity index is 0.000000130. The second-order valence-electron chi connectivity index (χ2n) is 20.0. The standard InChI is InChI=1S/C30H28N2O3.C25H24N2O2.C5H4O2/c33-27-5-1-4-26-29(22-13-23-7-8-24(14-22)32(23)17-19-10-12-34-18-19)25-9-6-20(15-28(25)35-30(26)27)21-3-2-11-31-16-21;28-22-5-1-4-21-24(17-11-18-7-8-19(12-17)27-18)20-9-6-15(13-23(20)29-25(21)22)16-3-2-10-26-14-16;6-3-5-1-2-7-4-5/h1-6,9-12,15-16,18,22-24,29,33H,7-8,13-14,17H2;1-6,9-10,13-14,17-19,24,27-28H,7-8,11-12H2;1-4H. The number of carbonyl (C=O) groups excluding carboxylic acids is 1. The molecule has 0 amide bonds. The van der Waals surface area contributed by atoms with Crippen LogP contribution in [0.15, 0.2) is 168 Å². The van der Waals surface area contributed by atoms with Crippen molar-refractivity contribution < 1.29 is 33.3 Å². The number of pyridine rings is 2. The van der Waals surface area contributed by atoms with E-state index in [1.54, 1.807) is 36.9 Å². The van der Waals surface area contributed by atoms with Crippen molar-refractivity contribution in [2.75, 3.05) is 0 Å². The number of hydrogen-bond donors (Lipinski definition) is 3. The summed E-state index contributed by atoms with van der Waals surface area (Å²) < 4.78 is 22.5. The number of phenols is 2. The molecule has 3 N–H and O–H groups in total. The first-order chi connectivity index (χ1) is 34.9. The zero-order chi connectivity index (χ0) is 47.8. The summed E-state index contributed by atoms with van der Waals surface area (Å²) in [4.78, 5) is 21.0. The van der Waals surface area contributed by atoms with Crippen LogP contribution in [0.25, 0.3) is 22.3 Å². The van der Waals surface area contributed by atoms with Gasteiger partial charge < -0.3 is 33.8 Å². The molecule has 14 rings (SSSR count). The van der Waals surface area contributed by atoms with Gasteiger partial charge in [0.1, 0.15) is 17.8 Å². The average molecular weight is 945 g/mol. The normalized spacial score (nSPS) is 24.2. The maximum Gasteiger partial charge on any atom is 0.172 e. The highest BCUT2D eigenvalue weighted by Gasteiger charge is 2.46. The summed E-state index contributed by atoms with van der Waals surface area (Å²) in [6.45, 7) is 0.967. The summed E-state index contributed by atoms with van der Waals surface area (Å²) in [6, 6.07) is 38.7. The summed E-state index contributed by atoms with van der Waals surface area (Å²) in [5.74, 6) is 4.90.